The highest BCUT2D eigenvalue weighted by Gasteiger charge is 2.07. The molecule has 0 unspecified atom stereocenters. The summed E-state index contributed by atoms with van der Waals surface area (Å²) in [5, 5.41) is 8.71. The van der Waals surface area contributed by atoms with Crippen LogP contribution in [0.3, 0.4) is 0 Å². The zero-order valence-electron chi connectivity index (χ0n) is 15.2. The van der Waals surface area contributed by atoms with Gasteiger partial charge in [0, 0.05) is 37.2 Å². The van der Waals surface area contributed by atoms with Crippen molar-refractivity contribution in [3.8, 4) is 0 Å². The third-order valence-electron chi connectivity index (χ3n) is 3.69. The second-order valence-electron chi connectivity index (χ2n) is 5.95. The van der Waals surface area contributed by atoms with Gasteiger partial charge in [-0.25, -0.2) is 0 Å². The van der Waals surface area contributed by atoms with Crippen LogP contribution in [0.5, 0.6) is 0 Å². The lowest BCUT2D eigenvalue weighted by Gasteiger charge is -2.10. The van der Waals surface area contributed by atoms with Crippen LogP contribution in [0.1, 0.15) is 22.3 Å². The molecule has 0 radical (unpaired) electrons. The van der Waals surface area contributed by atoms with Gasteiger partial charge in [-0.2, -0.15) is 0 Å². The predicted octanol–water partition coefficient (Wildman–Crippen LogP) is 2.81. The standard InChI is InChI=1S/C20H25N3O3/c1-15-6-3-9-18(12-15)23-19(24)14-22-17-8-4-7-16(13-17)20(25)21-10-5-11-26-2/h3-4,6-9,12-13,22H,5,10-11,14H2,1-2H3,(H,21,25)(H,23,24). The fraction of sp³-hybridized carbons (Fsp3) is 0.300. The monoisotopic (exact) mass is 355 g/mol. The molecule has 0 heterocycles. The van der Waals surface area contributed by atoms with Crippen molar-refractivity contribution in [3.63, 3.8) is 0 Å². The molecular formula is C20H25N3O3. The molecule has 2 amide bonds. The highest BCUT2D eigenvalue weighted by Crippen LogP contribution is 2.12. The number of benzene rings is 2. The van der Waals surface area contributed by atoms with Crippen molar-refractivity contribution >= 4 is 23.2 Å². The van der Waals surface area contributed by atoms with Crippen LogP contribution in [-0.4, -0.2) is 38.6 Å². The Hall–Kier alpha value is -2.86. The van der Waals surface area contributed by atoms with Gasteiger partial charge in [0.05, 0.1) is 6.54 Å². The molecule has 2 rings (SSSR count). The summed E-state index contributed by atoms with van der Waals surface area (Å²) in [6, 6.07) is 14.7. The van der Waals surface area contributed by atoms with Gasteiger partial charge in [-0.3, -0.25) is 9.59 Å². The molecule has 3 N–H and O–H groups in total. The lowest BCUT2D eigenvalue weighted by atomic mass is 10.2. The van der Waals surface area contributed by atoms with Gasteiger partial charge < -0.3 is 20.7 Å². The number of hydrogen-bond donors (Lipinski definition) is 3. The van der Waals surface area contributed by atoms with E-state index < -0.39 is 0 Å². The van der Waals surface area contributed by atoms with Gasteiger partial charge in [0.2, 0.25) is 5.91 Å². The quantitative estimate of drug-likeness (QED) is 0.604. The fourth-order valence-electron chi connectivity index (χ4n) is 2.40. The van der Waals surface area contributed by atoms with E-state index in [1.54, 1.807) is 25.3 Å². The molecule has 0 fully saturated rings. The van der Waals surface area contributed by atoms with Crippen LogP contribution in [-0.2, 0) is 9.53 Å². The van der Waals surface area contributed by atoms with Crippen molar-refractivity contribution in [3.05, 3.63) is 59.7 Å². The third-order valence-corrected chi connectivity index (χ3v) is 3.69. The summed E-state index contributed by atoms with van der Waals surface area (Å²) >= 11 is 0. The van der Waals surface area contributed by atoms with Crippen molar-refractivity contribution in [2.75, 3.05) is 37.4 Å². The average Bonchev–Trinajstić information content (AvgIpc) is 2.64. The lowest BCUT2D eigenvalue weighted by molar-refractivity contribution is -0.114. The summed E-state index contributed by atoms with van der Waals surface area (Å²) < 4.78 is 4.95. The number of carbonyl (C=O) groups excluding carboxylic acids is 2. The first kappa shape index (κ1) is 19.5. The number of carbonyl (C=O) groups is 2. The van der Waals surface area contributed by atoms with Gasteiger partial charge in [0.25, 0.3) is 5.91 Å². The van der Waals surface area contributed by atoms with E-state index in [-0.39, 0.29) is 18.4 Å². The number of anilines is 2. The molecule has 0 aliphatic rings. The summed E-state index contributed by atoms with van der Waals surface area (Å²) in [4.78, 5) is 24.2. The Balaban J connectivity index is 1.84. The average molecular weight is 355 g/mol. The molecule has 0 aromatic heterocycles. The fourth-order valence-corrected chi connectivity index (χ4v) is 2.40. The first-order valence-corrected chi connectivity index (χ1v) is 8.56. The molecular weight excluding hydrogens is 330 g/mol. The zero-order chi connectivity index (χ0) is 18.8. The highest BCUT2D eigenvalue weighted by molar-refractivity contribution is 5.96. The molecule has 0 aliphatic carbocycles. The summed E-state index contributed by atoms with van der Waals surface area (Å²) in [7, 11) is 1.63. The Morgan fingerprint density at radius 1 is 1.04 bits per heavy atom. The van der Waals surface area contributed by atoms with Gasteiger partial charge in [-0.15, -0.1) is 0 Å². The van der Waals surface area contributed by atoms with E-state index in [0.717, 1.165) is 17.7 Å². The molecule has 0 saturated heterocycles. The molecule has 0 atom stereocenters. The van der Waals surface area contributed by atoms with Crippen LogP contribution in [0.2, 0.25) is 0 Å². The van der Waals surface area contributed by atoms with Crippen molar-refractivity contribution in [2.24, 2.45) is 0 Å². The molecule has 0 saturated carbocycles. The van der Waals surface area contributed by atoms with Crippen LogP contribution in [0.25, 0.3) is 0 Å². The first-order valence-electron chi connectivity index (χ1n) is 8.56. The zero-order valence-corrected chi connectivity index (χ0v) is 15.2. The second-order valence-corrected chi connectivity index (χ2v) is 5.95. The van der Waals surface area contributed by atoms with Crippen LogP contribution in [0.15, 0.2) is 48.5 Å². The van der Waals surface area contributed by atoms with Crippen LogP contribution in [0, 0.1) is 6.92 Å². The Morgan fingerprint density at radius 3 is 2.58 bits per heavy atom. The molecule has 6 nitrogen and oxygen atoms in total. The summed E-state index contributed by atoms with van der Waals surface area (Å²) in [5.41, 5.74) is 3.11. The summed E-state index contributed by atoms with van der Waals surface area (Å²) in [5.74, 6) is -0.293. The minimum atomic E-state index is -0.148. The number of aryl methyl sites for hydroxylation is 1. The summed E-state index contributed by atoms with van der Waals surface area (Å²) in [6.45, 7) is 3.26. The van der Waals surface area contributed by atoms with Gasteiger partial charge in [0.1, 0.15) is 0 Å². The Bertz CT molecular complexity index is 747. The first-order chi connectivity index (χ1) is 12.6. The second kappa shape index (κ2) is 10.2. The number of ether oxygens (including phenoxy) is 1. The number of rotatable bonds is 9. The Labute approximate surface area is 153 Å². The van der Waals surface area contributed by atoms with E-state index in [1.165, 1.54) is 0 Å². The van der Waals surface area contributed by atoms with Gasteiger partial charge in [0.15, 0.2) is 0 Å². The van der Waals surface area contributed by atoms with Crippen molar-refractivity contribution in [1.82, 2.24) is 5.32 Å². The largest absolute Gasteiger partial charge is 0.385 e. The molecule has 2 aromatic carbocycles. The van der Waals surface area contributed by atoms with Crippen molar-refractivity contribution in [1.29, 1.82) is 0 Å². The van der Waals surface area contributed by atoms with Crippen LogP contribution < -0.4 is 16.0 Å². The SMILES string of the molecule is COCCCNC(=O)c1cccc(NCC(=O)Nc2cccc(C)c2)c1. The maximum atomic E-state index is 12.1. The maximum absolute atomic E-state index is 12.1. The van der Waals surface area contributed by atoms with E-state index in [9.17, 15) is 9.59 Å². The molecule has 6 heteroatoms. The van der Waals surface area contributed by atoms with Crippen LogP contribution in [0.4, 0.5) is 11.4 Å². The van der Waals surface area contributed by atoms with E-state index in [0.29, 0.717) is 24.4 Å². The van der Waals surface area contributed by atoms with Gasteiger partial charge in [-0.1, -0.05) is 18.2 Å². The molecule has 0 bridgehead atoms. The number of amides is 2. The van der Waals surface area contributed by atoms with E-state index in [1.807, 2.05) is 37.3 Å². The Morgan fingerprint density at radius 2 is 1.81 bits per heavy atom. The van der Waals surface area contributed by atoms with Crippen molar-refractivity contribution in [2.45, 2.75) is 13.3 Å². The maximum Gasteiger partial charge on any atom is 0.251 e. The van der Waals surface area contributed by atoms with E-state index in [2.05, 4.69) is 16.0 Å². The van der Waals surface area contributed by atoms with Crippen LogP contribution >= 0.6 is 0 Å². The third kappa shape index (κ3) is 6.57. The normalized spacial score (nSPS) is 10.2. The number of methoxy groups -OCH3 is 1. The number of nitrogens with one attached hydrogen (secondary N) is 3. The highest BCUT2D eigenvalue weighted by atomic mass is 16.5. The minimum Gasteiger partial charge on any atom is -0.385 e. The van der Waals surface area contributed by atoms with E-state index in [4.69, 9.17) is 4.74 Å². The molecule has 0 aliphatic heterocycles. The van der Waals surface area contributed by atoms with Gasteiger partial charge >= 0.3 is 0 Å². The Kier molecular flexibility index (Phi) is 7.64. The molecule has 26 heavy (non-hydrogen) atoms. The molecule has 0 spiro atoms. The molecule has 138 valence electrons. The predicted molar refractivity (Wildman–Crippen MR) is 104 cm³/mol. The van der Waals surface area contributed by atoms with Crippen molar-refractivity contribution < 1.29 is 14.3 Å². The number of hydrogen-bond acceptors (Lipinski definition) is 4. The molecule has 2 aromatic rings. The lowest BCUT2D eigenvalue weighted by Crippen LogP contribution is -2.25. The topological polar surface area (TPSA) is 79.5 Å². The van der Waals surface area contributed by atoms with E-state index >= 15 is 0 Å². The minimum absolute atomic E-state index is 0.118. The van der Waals surface area contributed by atoms with Gasteiger partial charge in [-0.05, 0) is 49.2 Å². The summed E-state index contributed by atoms with van der Waals surface area (Å²) in [6.07, 6.45) is 0.763. The smallest absolute Gasteiger partial charge is 0.251 e.